The lowest BCUT2D eigenvalue weighted by molar-refractivity contribution is -0.137. The number of nitrogens with zero attached hydrogens (tertiary/aromatic N) is 1. The summed E-state index contributed by atoms with van der Waals surface area (Å²) in [7, 11) is -8.55. The molecule has 1 saturated carbocycles. The average Bonchev–Trinajstić information content (AvgIpc) is 3.73. The second kappa shape index (κ2) is 11.4. The number of hydrogen-bond donors (Lipinski definition) is 2. The molecule has 2 N–H and O–H groups in total. The molecule has 1 atom stereocenters. The van der Waals surface area contributed by atoms with Gasteiger partial charge in [0.05, 0.1) is 41.0 Å². The van der Waals surface area contributed by atoms with Crippen LogP contribution in [0.2, 0.25) is 0 Å². The second-order valence-corrected chi connectivity index (χ2v) is 13.9. The number of benzene rings is 2. The van der Waals surface area contributed by atoms with Crippen molar-refractivity contribution in [1.29, 1.82) is 0 Å². The van der Waals surface area contributed by atoms with Crippen molar-refractivity contribution in [1.82, 2.24) is 4.72 Å². The van der Waals surface area contributed by atoms with Crippen LogP contribution in [-0.2, 0) is 35.8 Å². The van der Waals surface area contributed by atoms with Crippen molar-refractivity contribution < 1.29 is 49.1 Å². The van der Waals surface area contributed by atoms with Crippen LogP contribution in [0.3, 0.4) is 0 Å². The van der Waals surface area contributed by atoms with E-state index in [-0.39, 0.29) is 29.6 Å². The Morgan fingerprint density at radius 2 is 1.80 bits per heavy atom. The van der Waals surface area contributed by atoms with Gasteiger partial charge in [-0.3, -0.25) is 19.1 Å². The maximum atomic E-state index is 13.7. The molecular formula is C25H28F3N3O8S2. The third kappa shape index (κ3) is 7.41. The summed E-state index contributed by atoms with van der Waals surface area (Å²) in [5.74, 6) is -0.928. The predicted octanol–water partition coefficient (Wildman–Crippen LogP) is 3.86. The van der Waals surface area contributed by atoms with E-state index in [2.05, 4.69) is 5.32 Å². The molecule has 1 aliphatic carbocycles. The van der Waals surface area contributed by atoms with Gasteiger partial charge in [-0.15, -0.1) is 0 Å². The standard InChI is InChI=1S/C25H28F3N3O8S2/c1-15(2)14-38-24(33)29-17-6-9-22-21(11-17)31(41(36,37)20-5-3-4-16(10-20)25(26,27)28)13-18(39-22)12-23(32)30-40(34,35)19-7-8-19/h3-6,9-11,15,18-19H,7-8,12-14H2,1-2H3,(H,29,33)(H,30,32). The highest BCUT2D eigenvalue weighted by Crippen LogP contribution is 2.40. The van der Waals surface area contributed by atoms with E-state index in [1.165, 1.54) is 18.2 Å². The molecule has 0 bridgehead atoms. The maximum absolute atomic E-state index is 13.7. The number of nitrogens with one attached hydrogen (secondary N) is 2. The molecule has 2 aromatic rings. The number of hydrogen-bond acceptors (Lipinski definition) is 8. The fourth-order valence-electron chi connectivity index (χ4n) is 3.95. The molecule has 0 saturated heterocycles. The number of sulfonamides is 2. The number of ether oxygens (including phenoxy) is 2. The van der Waals surface area contributed by atoms with Crippen LogP contribution >= 0.6 is 0 Å². The van der Waals surface area contributed by atoms with E-state index in [0.717, 1.165) is 22.5 Å². The largest absolute Gasteiger partial charge is 0.486 e. The predicted molar refractivity (Wildman–Crippen MR) is 141 cm³/mol. The highest BCUT2D eigenvalue weighted by Gasteiger charge is 2.40. The summed E-state index contributed by atoms with van der Waals surface area (Å²) in [6.45, 7) is 3.25. The minimum absolute atomic E-state index is 0.0548. The molecular weight excluding hydrogens is 591 g/mol. The highest BCUT2D eigenvalue weighted by molar-refractivity contribution is 7.92. The van der Waals surface area contributed by atoms with Crippen molar-refractivity contribution in [3.8, 4) is 5.75 Å². The number of amides is 2. The molecule has 1 fully saturated rings. The minimum atomic E-state index is -4.81. The first-order valence-electron chi connectivity index (χ1n) is 12.5. The van der Waals surface area contributed by atoms with Gasteiger partial charge in [0, 0.05) is 5.69 Å². The van der Waals surface area contributed by atoms with E-state index in [9.17, 15) is 39.6 Å². The van der Waals surface area contributed by atoms with Crippen LogP contribution in [0.15, 0.2) is 47.4 Å². The number of halogens is 3. The molecule has 1 aliphatic heterocycles. The molecule has 0 radical (unpaired) electrons. The molecule has 4 rings (SSSR count). The Hall–Kier alpha value is -3.53. The molecule has 1 heterocycles. The van der Waals surface area contributed by atoms with Crippen LogP contribution in [0.4, 0.5) is 29.3 Å². The molecule has 2 amide bonds. The van der Waals surface area contributed by atoms with Crippen molar-refractivity contribution in [3.63, 3.8) is 0 Å². The Kier molecular flexibility index (Phi) is 8.45. The number of anilines is 2. The van der Waals surface area contributed by atoms with Gasteiger partial charge < -0.3 is 9.47 Å². The van der Waals surface area contributed by atoms with Gasteiger partial charge in [0.2, 0.25) is 15.9 Å². The van der Waals surface area contributed by atoms with Crippen LogP contribution in [0.25, 0.3) is 0 Å². The van der Waals surface area contributed by atoms with Crippen molar-refractivity contribution >= 4 is 43.4 Å². The van der Waals surface area contributed by atoms with Gasteiger partial charge in [0.15, 0.2) is 0 Å². The van der Waals surface area contributed by atoms with Gasteiger partial charge in [-0.25, -0.2) is 21.6 Å². The summed E-state index contributed by atoms with van der Waals surface area (Å²) in [6, 6.07) is 7.09. The van der Waals surface area contributed by atoms with Crippen molar-refractivity contribution in [2.24, 2.45) is 5.92 Å². The van der Waals surface area contributed by atoms with Gasteiger partial charge >= 0.3 is 12.3 Å². The maximum Gasteiger partial charge on any atom is 0.416 e. The fraction of sp³-hybridized carbons (Fsp3) is 0.440. The second-order valence-electron chi connectivity index (χ2n) is 10.1. The molecule has 16 heteroatoms. The van der Waals surface area contributed by atoms with Gasteiger partial charge in [-0.2, -0.15) is 13.2 Å². The molecule has 41 heavy (non-hydrogen) atoms. The smallest absolute Gasteiger partial charge is 0.416 e. The SMILES string of the molecule is CC(C)COC(=O)Nc1ccc2c(c1)N(S(=O)(=O)c1cccc(C(F)(F)F)c1)CC(CC(=O)NS(=O)(=O)C1CC1)O2. The summed E-state index contributed by atoms with van der Waals surface area (Å²) in [4.78, 5) is 24.0. The van der Waals surface area contributed by atoms with E-state index >= 15 is 0 Å². The van der Waals surface area contributed by atoms with Crippen LogP contribution in [0.5, 0.6) is 5.75 Å². The third-order valence-corrected chi connectivity index (χ3v) is 9.70. The molecule has 1 unspecified atom stereocenters. The zero-order chi connectivity index (χ0) is 30.2. The first kappa shape index (κ1) is 30.4. The van der Waals surface area contributed by atoms with Crippen molar-refractivity contribution in [2.75, 3.05) is 22.8 Å². The molecule has 11 nitrogen and oxygen atoms in total. The number of fused-ring (bicyclic) bond motifs is 1. The zero-order valence-electron chi connectivity index (χ0n) is 22.0. The molecule has 2 aromatic carbocycles. The van der Waals surface area contributed by atoms with E-state index < -0.39 is 73.0 Å². The van der Waals surface area contributed by atoms with Crippen molar-refractivity contribution in [3.05, 3.63) is 48.0 Å². The number of alkyl halides is 3. The Morgan fingerprint density at radius 1 is 1.10 bits per heavy atom. The summed E-state index contributed by atoms with van der Waals surface area (Å²) in [5.41, 5.74) is -1.19. The Labute approximate surface area is 235 Å². The summed E-state index contributed by atoms with van der Waals surface area (Å²) >= 11 is 0. The quantitative estimate of drug-likeness (QED) is 0.430. The van der Waals surface area contributed by atoms with E-state index in [0.29, 0.717) is 18.9 Å². The summed E-state index contributed by atoms with van der Waals surface area (Å²) < 4.78 is 105. The van der Waals surface area contributed by atoms with Gasteiger partial charge in [0.25, 0.3) is 10.0 Å². The number of carbonyl (C=O) groups excluding carboxylic acids is 2. The lowest BCUT2D eigenvalue weighted by Gasteiger charge is -2.35. The zero-order valence-corrected chi connectivity index (χ0v) is 23.6. The van der Waals surface area contributed by atoms with Crippen molar-refractivity contribution in [2.45, 2.75) is 55.5 Å². The normalized spacial score (nSPS) is 17.4. The number of rotatable bonds is 9. The summed E-state index contributed by atoms with van der Waals surface area (Å²) in [6.07, 6.45) is -6.53. The van der Waals surface area contributed by atoms with Crippen LogP contribution < -0.4 is 19.1 Å². The topological polar surface area (TPSA) is 148 Å². The molecule has 224 valence electrons. The molecule has 0 spiro atoms. The van der Waals surface area contributed by atoms with E-state index in [1.807, 2.05) is 18.6 Å². The first-order chi connectivity index (χ1) is 19.1. The van der Waals surface area contributed by atoms with Crippen LogP contribution in [0.1, 0.15) is 38.7 Å². The lowest BCUT2D eigenvalue weighted by Crippen LogP contribution is -2.46. The Balaban J connectivity index is 1.66. The minimum Gasteiger partial charge on any atom is -0.486 e. The van der Waals surface area contributed by atoms with E-state index in [4.69, 9.17) is 9.47 Å². The fourth-order valence-corrected chi connectivity index (χ4v) is 6.82. The lowest BCUT2D eigenvalue weighted by atomic mass is 10.1. The average molecular weight is 620 g/mol. The summed E-state index contributed by atoms with van der Waals surface area (Å²) in [5, 5.41) is 1.79. The van der Waals surface area contributed by atoms with E-state index in [1.54, 1.807) is 0 Å². The Morgan fingerprint density at radius 3 is 2.44 bits per heavy atom. The highest BCUT2D eigenvalue weighted by atomic mass is 32.2. The number of carbonyl (C=O) groups is 2. The Bertz CT molecular complexity index is 1540. The van der Waals surface area contributed by atoms with Gasteiger partial charge in [0.1, 0.15) is 11.9 Å². The van der Waals surface area contributed by atoms with Gasteiger partial charge in [-0.05, 0) is 55.2 Å². The monoisotopic (exact) mass is 619 g/mol. The van der Waals surface area contributed by atoms with Gasteiger partial charge in [-0.1, -0.05) is 19.9 Å². The molecule has 0 aromatic heterocycles. The van der Waals surface area contributed by atoms with Crippen LogP contribution in [0, 0.1) is 5.92 Å². The third-order valence-electron chi connectivity index (χ3n) is 6.07. The molecule has 2 aliphatic rings. The first-order valence-corrected chi connectivity index (χ1v) is 15.5. The van der Waals surface area contributed by atoms with Crippen LogP contribution in [-0.4, -0.2) is 53.3 Å².